The Morgan fingerprint density at radius 3 is 2.14 bits per heavy atom. The van der Waals surface area contributed by atoms with E-state index in [-0.39, 0.29) is 6.54 Å². The molecule has 0 aliphatic rings. The van der Waals surface area contributed by atoms with Crippen LogP contribution in [0.2, 0.25) is 0 Å². The van der Waals surface area contributed by atoms with Crippen LogP contribution in [0.3, 0.4) is 0 Å². The lowest BCUT2D eigenvalue weighted by Gasteiger charge is -2.24. The summed E-state index contributed by atoms with van der Waals surface area (Å²) in [5, 5.41) is 0. The summed E-state index contributed by atoms with van der Waals surface area (Å²) in [6, 6.07) is 16.0. The maximum absolute atomic E-state index is 12.9. The fourth-order valence-electron chi connectivity index (χ4n) is 1.99. The number of hydrogen-bond donors (Lipinski definition) is 0. The highest BCUT2D eigenvalue weighted by Gasteiger charge is 2.24. The molecule has 0 radical (unpaired) electrons. The van der Waals surface area contributed by atoms with Crippen molar-refractivity contribution in [1.82, 2.24) is 0 Å². The van der Waals surface area contributed by atoms with Crippen molar-refractivity contribution in [3.63, 3.8) is 0 Å². The van der Waals surface area contributed by atoms with E-state index in [1.807, 2.05) is 32.0 Å². The molecule has 21 heavy (non-hydrogen) atoms. The number of benzene rings is 2. The zero-order valence-corrected chi connectivity index (χ0v) is 13.1. The number of sulfonamides is 1. The summed E-state index contributed by atoms with van der Waals surface area (Å²) in [6.07, 6.45) is 0. The topological polar surface area (TPSA) is 37.4 Å². The Balaban J connectivity index is 2.49. The molecule has 0 fully saturated rings. The van der Waals surface area contributed by atoms with Crippen molar-refractivity contribution in [3.8, 4) is 0 Å². The van der Waals surface area contributed by atoms with E-state index in [0.29, 0.717) is 10.6 Å². The number of rotatable bonds is 5. The first-order valence-electron chi connectivity index (χ1n) is 6.70. The Morgan fingerprint density at radius 1 is 1.05 bits per heavy atom. The van der Waals surface area contributed by atoms with E-state index in [0.717, 1.165) is 11.1 Å². The second-order valence-electron chi connectivity index (χ2n) is 5.12. The highest BCUT2D eigenvalue weighted by Crippen LogP contribution is 2.24. The maximum atomic E-state index is 12.9. The van der Waals surface area contributed by atoms with Gasteiger partial charge in [-0.05, 0) is 38.1 Å². The lowest BCUT2D eigenvalue weighted by Crippen LogP contribution is -2.32. The van der Waals surface area contributed by atoms with Crippen LogP contribution in [0.4, 0.5) is 5.69 Å². The van der Waals surface area contributed by atoms with Crippen LogP contribution < -0.4 is 4.31 Å². The fourth-order valence-corrected chi connectivity index (χ4v) is 3.52. The van der Waals surface area contributed by atoms with Gasteiger partial charge in [0.05, 0.1) is 17.1 Å². The Kier molecular flexibility index (Phi) is 4.48. The van der Waals surface area contributed by atoms with Crippen LogP contribution in [0.5, 0.6) is 0 Å². The van der Waals surface area contributed by atoms with Gasteiger partial charge in [-0.15, -0.1) is 0 Å². The van der Waals surface area contributed by atoms with E-state index >= 15 is 0 Å². The molecule has 0 aliphatic carbocycles. The van der Waals surface area contributed by atoms with Gasteiger partial charge in [-0.3, -0.25) is 4.31 Å². The van der Waals surface area contributed by atoms with Crippen LogP contribution in [0.15, 0.2) is 71.6 Å². The second kappa shape index (κ2) is 6.14. The van der Waals surface area contributed by atoms with Gasteiger partial charge in [0.2, 0.25) is 0 Å². The molecular weight excluding hydrogens is 282 g/mol. The van der Waals surface area contributed by atoms with Gasteiger partial charge in [0, 0.05) is 0 Å². The summed E-state index contributed by atoms with van der Waals surface area (Å²) in [5.74, 6) is 0. The SMILES string of the molecule is C=C(C)CN(c1ccccc1)S(=O)(=O)c1ccc(C)cc1. The summed E-state index contributed by atoms with van der Waals surface area (Å²) in [7, 11) is -3.59. The number of nitrogens with zero attached hydrogens (tertiary/aromatic N) is 1. The van der Waals surface area contributed by atoms with Crippen LogP contribution in [-0.2, 0) is 10.0 Å². The molecule has 4 heteroatoms. The number of hydrogen-bond acceptors (Lipinski definition) is 2. The van der Waals surface area contributed by atoms with Gasteiger partial charge in [0.15, 0.2) is 0 Å². The molecule has 110 valence electrons. The van der Waals surface area contributed by atoms with Crippen LogP contribution in [0, 0.1) is 6.92 Å². The quantitative estimate of drug-likeness (QED) is 0.788. The van der Waals surface area contributed by atoms with E-state index in [4.69, 9.17) is 0 Å². The summed E-state index contributed by atoms with van der Waals surface area (Å²) < 4.78 is 27.1. The van der Waals surface area contributed by atoms with Crippen LogP contribution in [-0.4, -0.2) is 15.0 Å². The first-order valence-corrected chi connectivity index (χ1v) is 8.14. The summed E-state index contributed by atoms with van der Waals surface area (Å²) in [5.41, 5.74) is 2.45. The van der Waals surface area contributed by atoms with Crippen LogP contribution in [0.1, 0.15) is 12.5 Å². The minimum absolute atomic E-state index is 0.264. The Hall–Kier alpha value is -2.07. The molecule has 0 aromatic heterocycles. The average molecular weight is 301 g/mol. The highest BCUT2D eigenvalue weighted by atomic mass is 32.2. The molecule has 0 aliphatic heterocycles. The average Bonchev–Trinajstić information content (AvgIpc) is 2.46. The number of para-hydroxylation sites is 1. The van der Waals surface area contributed by atoms with Gasteiger partial charge < -0.3 is 0 Å². The van der Waals surface area contributed by atoms with E-state index in [2.05, 4.69) is 6.58 Å². The lowest BCUT2D eigenvalue weighted by molar-refractivity contribution is 0.592. The van der Waals surface area contributed by atoms with Crippen LogP contribution in [0.25, 0.3) is 0 Å². The van der Waals surface area contributed by atoms with Crippen molar-refractivity contribution in [2.75, 3.05) is 10.8 Å². The summed E-state index contributed by atoms with van der Waals surface area (Å²) >= 11 is 0. The summed E-state index contributed by atoms with van der Waals surface area (Å²) in [4.78, 5) is 0.290. The van der Waals surface area contributed by atoms with Crippen molar-refractivity contribution in [2.45, 2.75) is 18.7 Å². The third-order valence-electron chi connectivity index (χ3n) is 3.07. The lowest BCUT2D eigenvalue weighted by atomic mass is 10.2. The van der Waals surface area contributed by atoms with Gasteiger partial charge in [-0.25, -0.2) is 8.42 Å². The molecule has 2 rings (SSSR count). The first-order chi connectivity index (χ1) is 9.91. The molecule has 0 saturated heterocycles. The standard InChI is InChI=1S/C17H19NO2S/c1-14(2)13-18(16-7-5-4-6-8-16)21(19,20)17-11-9-15(3)10-12-17/h4-12H,1,13H2,2-3H3. The zero-order chi connectivity index (χ0) is 15.5. The van der Waals surface area contributed by atoms with Gasteiger partial charge in [0.1, 0.15) is 0 Å². The van der Waals surface area contributed by atoms with E-state index in [1.54, 1.807) is 36.4 Å². The molecule has 2 aromatic rings. The van der Waals surface area contributed by atoms with E-state index in [9.17, 15) is 8.42 Å². The number of aryl methyl sites for hydroxylation is 1. The third-order valence-corrected chi connectivity index (χ3v) is 4.85. The third kappa shape index (κ3) is 3.52. The molecule has 0 unspecified atom stereocenters. The molecule has 3 nitrogen and oxygen atoms in total. The molecule has 0 N–H and O–H groups in total. The second-order valence-corrected chi connectivity index (χ2v) is 6.98. The molecule has 0 spiro atoms. The summed E-state index contributed by atoms with van der Waals surface area (Å²) in [6.45, 7) is 7.85. The fraction of sp³-hybridized carbons (Fsp3) is 0.176. The van der Waals surface area contributed by atoms with Crippen molar-refractivity contribution in [2.24, 2.45) is 0 Å². The molecular formula is C17H19NO2S. The molecule has 0 saturated carbocycles. The zero-order valence-electron chi connectivity index (χ0n) is 12.3. The van der Waals surface area contributed by atoms with Crippen molar-refractivity contribution >= 4 is 15.7 Å². The minimum atomic E-state index is -3.59. The Labute approximate surface area is 126 Å². The molecule has 0 bridgehead atoms. The largest absolute Gasteiger partial charge is 0.264 e. The van der Waals surface area contributed by atoms with Crippen LogP contribution >= 0.6 is 0 Å². The van der Waals surface area contributed by atoms with E-state index < -0.39 is 10.0 Å². The predicted octanol–water partition coefficient (Wildman–Crippen LogP) is 3.77. The van der Waals surface area contributed by atoms with Gasteiger partial charge in [-0.1, -0.05) is 48.0 Å². The van der Waals surface area contributed by atoms with E-state index in [1.165, 1.54) is 4.31 Å². The van der Waals surface area contributed by atoms with Crippen molar-refractivity contribution < 1.29 is 8.42 Å². The highest BCUT2D eigenvalue weighted by molar-refractivity contribution is 7.92. The molecule has 0 heterocycles. The van der Waals surface area contributed by atoms with Gasteiger partial charge >= 0.3 is 0 Å². The van der Waals surface area contributed by atoms with Crippen molar-refractivity contribution in [3.05, 3.63) is 72.3 Å². The van der Waals surface area contributed by atoms with Crippen molar-refractivity contribution in [1.29, 1.82) is 0 Å². The predicted molar refractivity (Wildman–Crippen MR) is 87.0 cm³/mol. The van der Waals surface area contributed by atoms with Gasteiger partial charge in [-0.2, -0.15) is 0 Å². The Bertz CT molecular complexity index is 719. The Morgan fingerprint density at radius 2 is 1.62 bits per heavy atom. The minimum Gasteiger partial charge on any atom is -0.262 e. The van der Waals surface area contributed by atoms with Gasteiger partial charge in [0.25, 0.3) is 10.0 Å². The normalized spacial score (nSPS) is 11.1. The molecule has 0 atom stereocenters. The molecule has 0 amide bonds. The first kappa shape index (κ1) is 15.3. The number of anilines is 1. The smallest absolute Gasteiger partial charge is 0.262 e. The maximum Gasteiger partial charge on any atom is 0.264 e. The molecule has 2 aromatic carbocycles. The monoisotopic (exact) mass is 301 g/mol.